The van der Waals surface area contributed by atoms with Crippen molar-refractivity contribution in [3.05, 3.63) is 0 Å². The Bertz CT molecular complexity index is 257. The van der Waals surface area contributed by atoms with Gasteiger partial charge in [-0.15, -0.1) is 0 Å². The third-order valence-electron chi connectivity index (χ3n) is 4.25. The molecular weight excluding hydrogens is 212 g/mol. The predicted octanol–water partition coefficient (Wildman–Crippen LogP) is 2.30. The number of hydrogen-bond acceptors (Lipinski definition) is 2. The zero-order valence-electron chi connectivity index (χ0n) is 11.8. The van der Waals surface area contributed by atoms with Crippen LogP contribution in [0.5, 0.6) is 0 Å². The van der Waals surface area contributed by atoms with Crippen molar-refractivity contribution in [2.45, 2.75) is 59.4 Å². The SMILES string of the molecule is CC(CC(=O)NCC1CCCC1N)C(C)(C)C. The molecular formula is C14H28N2O. The smallest absolute Gasteiger partial charge is 0.220 e. The van der Waals surface area contributed by atoms with Crippen LogP contribution in [0, 0.1) is 17.3 Å². The first-order valence-electron chi connectivity index (χ1n) is 6.83. The molecule has 3 N–H and O–H groups in total. The molecule has 1 fully saturated rings. The highest BCUT2D eigenvalue weighted by Gasteiger charge is 2.26. The molecule has 0 radical (unpaired) electrons. The summed E-state index contributed by atoms with van der Waals surface area (Å²) in [5, 5.41) is 3.04. The van der Waals surface area contributed by atoms with Crippen molar-refractivity contribution in [3.63, 3.8) is 0 Å². The minimum absolute atomic E-state index is 0.173. The quantitative estimate of drug-likeness (QED) is 0.792. The maximum absolute atomic E-state index is 11.8. The van der Waals surface area contributed by atoms with Crippen LogP contribution in [0.25, 0.3) is 0 Å². The minimum atomic E-state index is 0.173. The lowest BCUT2D eigenvalue weighted by Crippen LogP contribution is -2.37. The average Bonchev–Trinajstić information content (AvgIpc) is 2.59. The van der Waals surface area contributed by atoms with Crippen LogP contribution < -0.4 is 11.1 Å². The topological polar surface area (TPSA) is 55.1 Å². The second-order valence-corrected chi connectivity index (χ2v) is 6.63. The van der Waals surface area contributed by atoms with E-state index in [0.29, 0.717) is 18.3 Å². The Labute approximate surface area is 106 Å². The van der Waals surface area contributed by atoms with Crippen LogP contribution in [-0.2, 0) is 4.79 Å². The maximum Gasteiger partial charge on any atom is 0.220 e. The molecule has 0 aromatic carbocycles. The Balaban J connectivity index is 2.26. The summed E-state index contributed by atoms with van der Waals surface area (Å²) in [6, 6.07) is 0.287. The summed E-state index contributed by atoms with van der Waals surface area (Å²) in [5.74, 6) is 1.06. The van der Waals surface area contributed by atoms with Gasteiger partial charge in [0.1, 0.15) is 0 Å². The van der Waals surface area contributed by atoms with Crippen molar-refractivity contribution in [1.82, 2.24) is 5.32 Å². The van der Waals surface area contributed by atoms with Gasteiger partial charge in [0.05, 0.1) is 0 Å². The second kappa shape index (κ2) is 5.85. The van der Waals surface area contributed by atoms with Crippen molar-refractivity contribution in [1.29, 1.82) is 0 Å². The second-order valence-electron chi connectivity index (χ2n) is 6.63. The maximum atomic E-state index is 11.8. The van der Waals surface area contributed by atoms with Gasteiger partial charge in [-0.3, -0.25) is 4.79 Å². The molecule has 0 spiro atoms. The number of hydrogen-bond donors (Lipinski definition) is 2. The van der Waals surface area contributed by atoms with E-state index in [-0.39, 0.29) is 17.4 Å². The van der Waals surface area contributed by atoms with Crippen molar-refractivity contribution >= 4 is 5.91 Å². The molecule has 0 aliphatic heterocycles. The van der Waals surface area contributed by atoms with Crippen LogP contribution in [0.1, 0.15) is 53.4 Å². The van der Waals surface area contributed by atoms with Gasteiger partial charge in [-0.25, -0.2) is 0 Å². The molecule has 3 atom stereocenters. The summed E-state index contributed by atoms with van der Waals surface area (Å²) in [7, 11) is 0. The molecule has 3 heteroatoms. The summed E-state index contributed by atoms with van der Waals surface area (Å²) in [6.07, 6.45) is 4.10. The highest BCUT2D eigenvalue weighted by Crippen LogP contribution is 2.28. The fraction of sp³-hybridized carbons (Fsp3) is 0.929. The first-order chi connectivity index (χ1) is 7.80. The highest BCUT2D eigenvalue weighted by atomic mass is 16.1. The zero-order valence-corrected chi connectivity index (χ0v) is 11.8. The lowest BCUT2D eigenvalue weighted by atomic mass is 9.80. The third-order valence-corrected chi connectivity index (χ3v) is 4.25. The molecule has 3 nitrogen and oxygen atoms in total. The normalized spacial score (nSPS) is 26.9. The van der Waals surface area contributed by atoms with Crippen LogP contribution in [0.15, 0.2) is 0 Å². The van der Waals surface area contributed by atoms with Crippen LogP contribution in [0.2, 0.25) is 0 Å². The third kappa shape index (κ3) is 4.66. The summed E-state index contributed by atoms with van der Waals surface area (Å²) in [5.41, 5.74) is 6.18. The van der Waals surface area contributed by atoms with Gasteiger partial charge in [0, 0.05) is 19.0 Å². The van der Waals surface area contributed by atoms with Crippen molar-refractivity contribution < 1.29 is 4.79 Å². The van der Waals surface area contributed by atoms with Gasteiger partial charge >= 0.3 is 0 Å². The van der Waals surface area contributed by atoms with Gasteiger partial charge in [0.15, 0.2) is 0 Å². The standard InChI is InChI=1S/C14H28N2O/c1-10(14(2,3)4)8-13(17)16-9-11-6-5-7-12(11)15/h10-12H,5-9,15H2,1-4H3,(H,16,17). The number of rotatable bonds is 4. The number of carbonyl (C=O) groups is 1. The Morgan fingerprint density at radius 3 is 2.53 bits per heavy atom. The zero-order chi connectivity index (χ0) is 13.1. The van der Waals surface area contributed by atoms with Gasteiger partial charge in [0.25, 0.3) is 0 Å². The van der Waals surface area contributed by atoms with E-state index in [2.05, 4.69) is 33.0 Å². The van der Waals surface area contributed by atoms with Gasteiger partial charge in [-0.1, -0.05) is 34.1 Å². The summed E-state index contributed by atoms with van der Waals surface area (Å²) in [6.45, 7) is 9.44. The first kappa shape index (κ1) is 14.5. The number of nitrogens with two attached hydrogens (primary N) is 1. The molecule has 1 aliphatic carbocycles. The van der Waals surface area contributed by atoms with E-state index >= 15 is 0 Å². The van der Waals surface area contributed by atoms with E-state index in [1.54, 1.807) is 0 Å². The molecule has 0 aromatic rings. The van der Waals surface area contributed by atoms with Crippen LogP contribution in [-0.4, -0.2) is 18.5 Å². The van der Waals surface area contributed by atoms with E-state index in [0.717, 1.165) is 19.4 Å². The molecule has 0 heterocycles. The molecule has 0 saturated heterocycles. The van der Waals surface area contributed by atoms with E-state index < -0.39 is 0 Å². The van der Waals surface area contributed by atoms with E-state index in [1.165, 1.54) is 6.42 Å². The minimum Gasteiger partial charge on any atom is -0.356 e. The van der Waals surface area contributed by atoms with Gasteiger partial charge in [-0.2, -0.15) is 0 Å². The van der Waals surface area contributed by atoms with Crippen molar-refractivity contribution in [3.8, 4) is 0 Å². The lowest BCUT2D eigenvalue weighted by Gasteiger charge is -2.27. The number of amides is 1. The van der Waals surface area contributed by atoms with Crippen LogP contribution in [0.3, 0.4) is 0 Å². The van der Waals surface area contributed by atoms with Crippen LogP contribution >= 0.6 is 0 Å². The largest absolute Gasteiger partial charge is 0.356 e. The summed E-state index contributed by atoms with van der Waals surface area (Å²) >= 11 is 0. The molecule has 100 valence electrons. The molecule has 0 aromatic heterocycles. The number of nitrogens with one attached hydrogen (secondary N) is 1. The van der Waals surface area contributed by atoms with E-state index in [4.69, 9.17) is 5.73 Å². The Hall–Kier alpha value is -0.570. The monoisotopic (exact) mass is 240 g/mol. The van der Waals surface area contributed by atoms with Gasteiger partial charge < -0.3 is 11.1 Å². The van der Waals surface area contributed by atoms with Crippen molar-refractivity contribution in [2.75, 3.05) is 6.54 Å². The van der Waals surface area contributed by atoms with E-state index in [9.17, 15) is 4.79 Å². The number of carbonyl (C=O) groups excluding carboxylic acids is 1. The summed E-state index contributed by atoms with van der Waals surface area (Å²) < 4.78 is 0. The van der Waals surface area contributed by atoms with Crippen LogP contribution in [0.4, 0.5) is 0 Å². The molecule has 1 saturated carbocycles. The summed E-state index contributed by atoms with van der Waals surface area (Å²) in [4.78, 5) is 11.8. The molecule has 3 unspecified atom stereocenters. The molecule has 17 heavy (non-hydrogen) atoms. The molecule has 1 amide bonds. The Morgan fingerprint density at radius 2 is 2.06 bits per heavy atom. The first-order valence-corrected chi connectivity index (χ1v) is 6.83. The Morgan fingerprint density at radius 1 is 1.41 bits per heavy atom. The average molecular weight is 240 g/mol. The molecule has 0 bridgehead atoms. The van der Waals surface area contributed by atoms with Gasteiger partial charge in [0.2, 0.25) is 5.91 Å². The lowest BCUT2D eigenvalue weighted by molar-refractivity contribution is -0.122. The fourth-order valence-electron chi connectivity index (χ4n) is 2.22. The highest BCUT2D eigenvalue weighted by molar-refractivity contribution is 5.76. The Kier molecular flexibility index (Phi) is 4.99. The fourth-order valence-corrected chi connectivity index (χ4v) is 2.22. The molecule has 1 aliphatic rings. The molecule has 1 rings (SSSR count). The van der Waals surface area contributed by atoms with Gasteiger partial charge in [-0.05, 0) is 30.1 Å². The predicted molar refractivity (Wildman–Crippen MR) is 71.6 cm³/mol. The van der Waals surface area contributed by atoms with Crippen molar-refractivity contribution in [2.24, 2.45) is 23.0 Å². The van der Waals surface area contributed by atoms with E-state index in [1.807, 2.05) is 0 Å².